The van der Waals surface area contributed by atoms with Gasteiger partial charge in [0.1, 0.15) is 5.82 Å². The summed E-state index contributed by atoms with van der Waals surface area (Å²) in [6.45, 7) is 4.81. The number of aromatic nitrogens is 4. The Morgan fingerprint density at radius 3 is 2.67 bits per heavy atom. The quantitative estimate of drug-likeness (QED) is 0.508. The Labute approximate surface area is 178 Å². The van der Waals surface area contributed by atoms with Gasteiger partial charge in [0.05, 0.1) is 11.6 Å². The van der Waals surface area contributed by atoms with E-state index in [0.717, 1.165) is 62.0 Å². The molecule has 8 heteroatoms. The van der Waals surface area contributed by atoms with E-state index < -0.39 is 0 Å². The van der Waals surface area contributed by atoms with Gasteiger partial charge in [-0.25, -0.2) is 0 Å². The van der Waals surface area contributed by atoms with E-state index in [1.807, 2.05) is 40.2 Å². The molecule has 0 unspecified atom stereocenters. The minimum Gasteiger partial charge on any atom is -0.354 e. The van der Waals surface area contributed by atoms with Crippen molar-refractivity contribution in [2.45, 2.75) is 13.0 Å². The van der Waals surface area contributed by atoms with Gasteiger partial charge in [-0.1, -0.05) is 12.1 Å². The number of anilines is 1. The summed E-state index contributed by atoms with van der Waals surface area (Å²) in [5.74, 6) is 1.74. The van der Waals surface area contributed by atoms with Gasteiger partial charge >= 0.3 is 0 Å². The van der Waals surface area contributed by atoms with Crippen LogP contribution in [-0.2, 0) is 6.54 Å². The fourth-order valence-electron chi connectivity index (χ4n) is 3.82. The van der Waals surface area contributed by atoms with E-state index in [0.29, 0.717) is 5.56 Å². The third-order valence-corrected chi connectivity index (χ3v) is 6.11. The molecule has 5 rings (SSSR count). The molecule has 1 aliphatic heterocycles. The van der Waals surface area contributed by atoms with Gasteiger partial charge in [-0.05, 0) is 47.7 Å². The number of benzene rings is 1. The molecule has 0 spiro atoms. The van der Waals surface area contributed by atoms with E-state index in [-0.39, 0.29) is 0 Å². The van der Waals surface area contributed by atoms with Gasteiger partial charge in [-0.2, -0.15) is 21.1 Å². The van der Waals surface area contributed by atoms with E-state index in [1.54, 1.807) is 11.3 Å². The molecule has 0 amide bonds. The highest BCUT2D eigenvalue weighted by Crippen LogP contribution is 2.22. The normalized spacial score (nSPS) is 15.2. The average molecular weight is 416 g/mol. The zero-order valence-corrected chi connectivity index (χ0v) is 17.3. The second-order valence-corrected chi connectivity index (χ2v) is 8.20. The number of hydrogen-bond acceptors (Lipinski definition) is 7. The number of fused-ring (bicyclic) bond motifs is 1. The molecule has 0 atom stereocenters. The summed E-state index contributed by atoms with van der Waals surface area (Å²) < 4.78 is 1.84. The van der Waals surface area contributed by atoms with E-state index >= 15 is 0 Å². The molecule has 4 heterocycles. The van der Waals surface area contributed by atoms with Crippen molar-refractivity contribution in [1.82, 2.24) is 24.7 Å². The SMILES string of the molecule is N#Cc1ccc(CN2CCCN(c3ccc4nnc(-c5ccsc5)n4n3)CC2)cc1. The second-order valence-electron chi connectivity index (χ2n) is 7.42. The van der Waals surface area contributed by atoms with Gasteiger partial charge in [0, 0.05) is 43.7 Å². The first-order chi connectivity index (χ1) is 14.8. The van der Waals surface area contributed by atoms with E-state index in [1.165, 1.54) is 5.56 Å². The lowest BCUT2D eigenvalue weighted by atomic mass is 10.1. The Kier molecular flexibility index (Phi) is 5.13. The van der Waals surface area contributed by atoms with E-state index in [9.17, 15) is 0 Å². The number of nitriles is 1. The molecule has 1 saturated heterocycles. The van der Waals surface area contributed by atoms with Crippen LogP contribution in [0.4, 0.5) is 5.82 Å². The summed E-state index contributed by atoms with van der Waals surface area (Å²) >= 11 is 1.64. The number of thiophene rings is 1. The summed E-state index contributed by atoms with van der Waals surface area (Å²) in [5.41, 5.74) is 3.75. The highest BCUT2D eigenvalue weighted by atomic mass is 32.1. The molecular weight excluding hydrogens is 394 g/mol. The van der Waals surface area contributed by atoms with Crippen LogP contribution in [0.3, 0.4) is 0 Å². The van der Waals surface area contributed by atoms with Crippen LogP contribution in [0.15, 0.2) is 53.2 Å². The lowest BCUT2D eigenvalue weighted by molar-refractivity contribution is 0.285. The average Bonchev–Trinajstić information content (AvgIpc) is 3.40. The van der Waals surface area contributed by atoms with Gasteiger partial charge in [-0.3, -0.25) is 4.90 Å². The van der Waals surface area contributed by atoms with E-state index in [4.69, 9.17) is 10.4 Å². The van der Waals surface area contributed by atoms with Crippen molar-refractivity contribution < 1.29 is 0 Å². The first-order valence-electron chi connectivity index (χ1n) is 10.0. The lowest BCUT2D eigenvalue weighted by Gasteiger charge is -2.22. The number of nitrogens with zero attached hydrogens (tertiary/aromatic N) is 7. The molecule has 0 radical (unpaired) electrons. The fraction of sp³-hybridized carbons (Fsp3) is 0.273. The van der Waals surface area contributed by atoms with Gasteiger partial charge in [0.25, 0.3) is 0 Å². The Morgan fingerprint density at radius 2 is 1.87 bits per heavy atom. The fourth-order valence-corrected chi connectivity index (χ4v) is 4.45. The molecular formula is C22H21N7S. The Morgan fingerprint density at radius 1 is 0.967 bits per heavy atom. The maximum Gasteiger partial charge on any atom is 0.186 e. The molecule has 4 aromatic rings. The third-order valence-electron chi connectivity index (χ3n) is 5.43. The van der Waals surface area contributed by atoms with Crippen LogP contribution < -0.4 is 4.90 Å². The van der Waals surface area contributed by atoms with Gasteiger partial charge in [-0.15, -0.1) is 15.3 Å². The highest BCUT2D eigenvalue weighted by molar-refractivity contribution is 7.08. The number of hydrogen-bond donors (Lipinski definition) is 0. The van der Waals surface area contributed by atoms with Crippen LogP contribution in [-0.4, -0.2) is 50.9 Å². The minimum atomic E-state index is 0.707. The smallest absolute Gasteiger partial charge is 0.186 e. The van der Waals surface area contributed by atoms with Crippen LogP contribution in [0.2, 0.25) is 0 Å². The maximum absolute atomic E-state index is 8.97. The van der Waals surface area contributed by atoms with Crippen molar-refractivity contribution in [2.75, 3.05) is 31.1 Å². The maximum atomic E-state index is 8.97. The van der Waals surface area contributed by atoms with Crippen molar-refractivity contribution >= 4 is 22.8 Å². The van der Waals surface area contributed by atoms with Crippen LogP contribution in [0.25, 0.3) is 17.0 Å². The largest absolute Gasteiger partial charge is 0.354 e. The molecule has 1 fully saturated rings. The van der Waals surface area contributed by atoms with Gasteiger partial charge in [0.15, 0.2) is 11.5 Å². The van der Waals surface area contributed by atoms with Gasteiger partial charge in [0.2, 0.25) is 0 Å². The summed E-state index contributed by atoms with van der Waals surface area (Å²) in [6, 6.07) is 16.1. The molecule has 150 valence electrons. The molecule has 0 aliphatic carbocycles. The van der Waals surface area contributed by atoms with Crippen LogP contribution in [0.5, 0.6) is 0 Å². The third kappa shape index (κ3) is 3.77. The summed E-state index contributed by atoms with van der Waals surface area (Å²) in [5, 5.41) is 26.5. The monoisotopic (exact) mass is 415 g/mol. The van der Waals surface area contributed by atoms with Crippen molar-refractivity contribution in [3.63, 3.8) is 0 Å². The molecule has 0 bridgehead atoms. The number of rotatable bonds is 4. The molecule has 7 nitrogen and oxygen atoms in total. The standard InChI is InChI=1S/C22H21N7S/c23-14-17-2-4-18(5-3-17)15-27-9-1-10-28(12-11-27)21-7-6-20-24-25-22(29(20)26-21)19-8-13-30-16-19/h2-8,13,16H,1,9-12,15H2. The van der Waals surface area contributed by atoms with Crippen LogP contribution in [0.1, 0.15) is 17.5 Å². The lowest BCUT2D eigenvalue weighted by Crippen LogP contribution is -2.31. The Balaban J connectivity index is 1.31. The van der Waals surface area contributed by atoms with Crippen molar-refractivity contribution in [3.05, 3.63) is 64.4 Å². The molecule has 1 aliphatic rings. The first-order valence-corrected chi connectivity index (χ1v) is 11.0. The summed E-state index contributed by atoms with van der Waals surface area (Å²) in [6.07, 6.45) is 1.08. The summed E-state index contributed by atoms with van der Waals surface area (Å²) in [7, 11) is 0. The predicted molar refractivity (Wildman–Crippen MR) is 117 cm³/mol. The van der Waals surface area contributed by atoms with Crippen molar-refractivity contribution in [3.8, 4) is 17.5 Å². The zero-order valence-electron chi connectivity index (χ0n) is 16.5. The predicted octanol–water partition coefficient (Wildman–Crippen LogP) is 3.44. The van der Waals surface area contributed by atoms with Gasteiger partial charge < -0.3 is 4.90 Å². The van der Waals surface area contributed by atoms with Crippen LogP contribution >= 0.6 is 11.3 Å². The summed E-state index contributed by atoms with van der Waals surface area (Å²) in [4.78, 5) is 4.81. The Bertz CT molecular complexity index is 1170. The zero-order chi connectivity index (χ0) is 20.3. The van der Waals surface area contributed by atoms with Crippen molar-refractivity contribution in [1.29, 1.82) is 5.26 Å². The molecule has 30 heavy (non-hydrogen) atoms. The minimum absolute atomic E-state index is 0.707. The van der Waals surface area contributed by atoms with Crippen LogP contribution in [0, 0.1) is 11.3 Å². The molecule has 3 aromatic heterocycles. The molecule has 1 aromatic carbocycles. The van der Waals surface area contributed by atoms with E-state index in [2.05, 4.69) is 43.6 Å². The van der Waals surface area contributed by atoms with Crippen molar-refractivity contribution in [2.24, 2.45) is 0 Å². The highest BCUT2D eigenvalue weighted by Gasteiger charge is 2.18. The molecule has 0 saturated carbocycles. The second kappa shape index (κ2) is 8.22. The first kappa shape index (κ1) is 18.7. The Hall–Kier alpha value is -3.28. The topological polar surface area (TPSA) is 73.4 Å². The molecule has 0 N–H and O–H groups in total.